The SMILES string of the molecule is NCc1c(F)cccc1OCc1cnccn1. The van der Waals surface area contributed by atoms with Gasteiger partial charge in [-0.15, -0.1) is 0 Å². The van der Waals surface area contributed by atoms with E-state index in [2.05, 4.69) is 9.97 Å². The van der Waals surface area contributed by atoms with Gasteiger partial charge in [0.15, 0.2) is 0 Å². The molecule has 0 fully saturated rings. The number of hydrogen-bond donors (Lipinski definition) is 1. The molecule has 5 heteroatoms. The van der Waals surface area contributed by atoms with Crippen LogP contribution in [0.2, 0.25) is 0 Å². The van der Waals surface area contributed by atoms with E-state index in [-0.39, 0.29) is 19.0 Å². The van der Waals surface area contributed by atoms with Crippen LogP contribution in [-0.2, 0) is 13.2 Å². The Morgan fingerprint density at radius 1 is 1.29 bits per heavy atom. The Bertz CT molecular complexity index is 490. The van der Waals surface area contributed by atoms with Gasteiger partial charge in [-0.3, -0.25) is 9.97 Å². The summed E-state index contributed by atoms with van der Waals surface area (Å²) in [7, 11) is 0. The summed E-state index contributed by atoms with van der Waals surface area (Å²) in [5.74, 6) is 0.0855. The molecule has 0 spiro atoms. The summed E-state index contributed by atoms with van der Waals surface area (Å²) in [5.41, 5.74) is 6.52. The number of halogens is 1. The summed E-state index contributed by atoms with van der Waals surface area (Å²) in [4.78, 5) is 7.98. The van der Waals surface area contributed by atoms with Crippen LogP contribution in [0.15, 0.2) is 36.8 Å². The molecule has 0 aliphatic heterocycles. The van der Waals surface area contributed by atoms with Crippen molar-refractivity contribution in [2.75, 3.05) is 0 Å². The van der Waals surface area contributed by atoms with E-state index in [9.17, 15) is 4.39 Å². The molecule has 88 valence electrons. The van der Waals surface area contributed by atoms with E-state index in [0.717, 1.165) is 0 Å². The maximum Gasteiger partial charge on any atom is 0.132 e. The topological polar surface area (TPSA) is 61.0 Å². The lowest BCUT2D eigenvalue weighted by Crippen LogP contribution is -2.05. The highest BCUT2D eigenvalue weighted by Gasteiger charge is 2.07. The van der Waals surface area contributed by atoms with Gasteiger partial charge in [-0.05, 0) is 12.1 Å². The predicted molar refractivity (Wildman–Crippen MR) is 60.7 cm³/mol. The number of nitrogens with zero attached hydrogens (tertiary/aromatic N) is 2. The summed E-state index contributed by atoms with van der Waals surface area (Å²) >= 11 is 0. The van der Waals surface area contributed by atoms with Crippen LogP contribution in [0.25, 0.3) is 0 Å². The molecule has 17 heavy (non-hydrogen) atoms. The molecule has 0 unspecified atom stereocenters. The standard InChI is InChI=1S/C12H12FN3O/c13-11-2-1-3-12(10(11)6-14)17-8-9-7-15-4-5-16-9/h1-5,7H,6,8,14H2. The molecule has 0 saturated heterocycles. The predicted octanol–water partition coefficient (Wildman–Crippen LogP) is 1.65. The van der Waals surface area contributed by atoms with Crippen molar-refractivity contribution in [2.45, 2.75) is 13.2 Å². The lowest BCUT2D eigenvalue weighted by molar-refractivity contribution is 0.295. The van der Waals surface area contributed by atoms with Crippen molar-refractivity contribution >= 4 is 0 Å². The Balaban J connectivity index is 2.12. The van der Waals surface area contributed by atoms with E-state index < -0.39 is 0 Å². The van der Waals surface area contributed by atoms with Crippen LogP contribution in [0.1, 0.15) is 11.3 Å². The highest BCUT2D eigenvalue weighted by Crippen LogP contribution is 2.21. The number of ether oxygens (including phenoxy) is 1. The summed E-state index contributed by atoms with van der Waals surface area (Å²) in [6, 6.07) is 4.62. The van der Waals surface area contributed by atoms with Crippen molar-refractivity contribution in [3.05, 3.63) is 53.9 Å². The van der Waals surface area contributed by atoms with E-state index in [4.69, 9.17) is 10.5 Å². The summed E-state index contributed by atoms with van der Waals surface area (Å²) in [6.45, 7) is 0.340. The molecular weight excluding hydrogens is 221 g/mol. The maximum absolute atomic E-state index is 13.4. The normalized spacial score (nSPS) is 10.2. The zero-order valence-corrected chi connectivity index (χ0v) is 9.14. The van der Waals surface area contributed by atoms with Gasteiger partial charge in [0.25, 0.3) is 0 Å². The summed E-state index contributed by atoms with van der Waals surface area (Å²) < 4.78 is 18.9. The minimum Gasteiger partial charge on any atom is -0.487 e. The Hall–Kier alpha value is -2.01. The van der Waals surface area contributed by atoms with Gasteiger partial charge in [-0.2, -0.15) is 0 Å². The number of aromatic nitrogens is 2. The molecule has 1 aromatic heterocycles. The van der Waals surface area contributed by atoms with Gasteiger partial charge in [0.05, 0.1) is 11.9 Å². The van der Waals surface area contributed by atoms with Crippen molar-refractivity contribution < 1.29 is 9.13 Å². The Labute approximate surface area is 98.3 Å². The highest BCUT2D eigenvalue weighted by atomic mass is 19.1. The van der Waals surface area contributed by atoms with Gasteiger partial charge in [-0.25, -0.2) is 4.39 Å². The van der Waals surface area contributed by atoms with E-state index in [0.29, 0.717) is 17.0 Å². The first-order valence-electron chi connectivity index (χ1n) is 5.16. The van der Waals surface area contributed by atoms with Crippen molar-refractivity contribution in [2.24, 2.45) is 5.73 Å². The lowest BCUT2D eigenvalue weighted by Gasteiger charge is -2.10. The molecule has 2 aromatic rings. The monoisotopic (exact) mass is 233 g/mol. The second-order valence-electron chi connectivity index (χ2n) is 3.41. The number of rotatable bonds is 4. The van der Waals surface area contributed by atoms with Crippen LogP contribution in [0.4, 0.5) is 4.39 Å². The van der Waals surface area contributed by atoms with Crippen LogP contribution in [0.3, 0.4) is 0 Å². The van der Waals surface area contributed by atoms with Crippen LogP contribution in [-0.4, -0.2) is 9.97 Å². The van der Waals surface area contributed by atoms with Crippen LogP contribution in [0, 0.1) is 5.82 Å². The quantitative estimate of drug-likeness (QED) is 0.872. The number of hydrogen-bond acceptors (Lipinski definition) is 4. The molecule has 0 saturated carbocycles. The molecular formula is C12H12FN3O. The van der Waals surface area contributed by atoms with Gasteiger partial charge in [0.2, 0.25) is 0 Å². The molecule has 0 atom stereocenters. The third kappa shape index (κ3) is 2.76. The zero-order valence-electron chi connectivity index (χ0n) is 9.14. The maximum atomic E-state index is 13.4. The molecule has 0 amide bonds. The third-order valence-corrected chi connectivity index (χ3v) is 2.27. The minimum atomic E-state index is -0.357. The fraction of sp³-hybridized carbons (Fsp3) is 0.167. The van der Waals surface area contributed by atoms with Gasteiger partial charge in [0, 0.05) is 24.5 Å². The van der Waals surface area contributed by atoms with E-state index in [1.807, 2.05) is 0 Å². The Morgan fingerprint density at radius 3 is 2.88 bits per heavy atom. The van der Waals surface area contributed by atoms with Gasteiger partial charge < -0.3 is 10.5 Å². The number of benzene rings is 1. The Kier molecular flexibility index (Phi) is 3.62. The van der Waals surface area contributed by atoms with E-state index in [1.165, 1.54) is 6.07 Å². The lowest BCUT2D eigenvalue weighted by atomic mass is 10.2. The van der Waals surface area contributed by atoms with Crippen LogP contribution in [0.5, 0.6) is 5.75 Å². The summed E-state index contributed by atoms with van der Waals surface area (Å²) in [6.07, 6.45) is 4.76. The molecule has 0 aliphatic rings. The van der Waals surface area contributed by atoms with Crippen molar-refractivity contribution in [3.8, 4) is 5.75 Å². The molecule has 4 nitrogen and oxygen atoms in total. The third-order valence-electron chi connectivity index (χ3n) is 2.27. The van der Waals surface area contributed by atoms with E-state index >= 15 is 0 Å². The van der Waals surface area contributed by atoms with Crippen LogP contribution < -0.4 is 10.5 Å². The fourth-order valence-electron chi connectivity index (χ4n) is 1.43. The first kappa shape index (κ1) is 11.5. The second kappa shape index (κ2) is 5.36. The average Bonchev–Trinajstić information content (AvgIpc) is 2.37. The summed E-state index contributed by atoms with van der Waals surface area (Å²) in [5, 5.41) is 0. The van der Waals surface area contributed by atoms with Crippen molar-refractivity contribution in [1.29, 1.82) is 0 Å². The Morgan fingerprint density at radius 2 is 2.18 bits per heavy atom. The van der Waals surface area contributed by atoms with Gasteiger partial charge in [0.1, 0.15) is 18.2 Å². The molecule has 2 rings (SSSR count). The largest absolute Gasteiger partial charge is 0.487 e. The van der Waals surface area contributed by atoms with Crippen molar-refractivity contribution in [1.82, 2.24) is 9.97 Å². The van der Waals surface area contributed by atoms with Crippen LogP contribution >= 0.6 is 0 Å². The average molecular weight is 233 g/mol. The molecule has 1 heterocycles. The molecule has 0 radical (unpaired) electrons. The molecule has 2 N–H and O–H groups in total. The van der Waals surface area contributed by atoms with Gasteiger partial charge in [-0.1, -0.05) is 6.07 Å². The van der Waals surface area contributed by atoms with Crippen molar-refractivity contribution in [3.63, 3.8) is 0 Å². The van der Waals surface area contributed by atoms with Gasteiger partial charge >= 0.3 is 0 Å². The highest BCUT2D eigenvalue weighted by molar-refractivity contribution is 5.34. The first-order valence-corrected chi connectivity index (χ1v) is 5.16. The first-order chi connectivity index (χ1) is 8.31. The zero-order chi connectivity index (χ0) is 12.1. The number of nitrogens with two attached hydrogens (primary N) is 1. The molecule has 1 aromatic carbocycles. The smallest absolute Gasteiger partial charge is 0.132 e. The van der Waals surface area contributed by atoms with E-state index in [1.54, 1.807) is 30.7 Å². The fourth-order valence-corrected chi connectivity index (χ4v) is 1.43. The second-order valence-corrected chi connectivity index (χ2v) is 3.41. The molecule has 0 aliphatic carbocycles. The minimum absolute atomic E-state index is 0.0997. The molecule has 0 bridgehead atoms.